The van der Waals surface area contributed by atoms with Gasteiger partial charge in [0, 0.05) is 25.8 Å². The topological polar surface area (TPSA) is 80.0 Å². The van der Waals surface area contributed by atoms with Crippen molar-refractivity contribution in [3.63, 3.8) is 0 Å². The fraction of sp³-hybridized carbons (Fsp3) is 0.375. The normalized spacial score (nSPS) is 11.9. The molecule has 0 fully saturated rings. The highest BCUT2D eigenvalue weighted by atomic mass is 16.3. The minimum atomic E-state index is -0.401. The largest absolute Gasteiger partial charge is 0.396 e. The van der Waals surface area contributed by atoms with E-state index in [-0.39, 0.29) is 13.2 Å². The van der Waals surface area contributed by atoms with Gasteiger partial charge in [-0.3, -0.25) is 13.9 Å². The number of terminal acetylenes is 1. The zero-order valence-corrected chi connectivity index (χ0v) is 12.9. The summed E-state index contributed by atoms with van der Waals surface area (Å²) in [6.07, 6.45) is 7.61. The lowest BCUT2D eigenvalue weighted by Crippen LogP contribution is -2.39. The summed E-state index contributed by atoms with van der Waals surface area (Å²) >= 11 is 0. The lowest BCUT2D eigenvalue weighted by atomic mass is 10.1. The van der Waals surface area contributed by atoms with E-state index in [0.29, 0.717) is 28.7 Å². The Labute approximate surface area is 127 Å². The van der Waals surface area contributed by atoms with Crippen LogP contribution in [0.1, 0.15) is 24.6 Å². The van der Waals surface area contributed by atoms with Crippen LogP contribution in [0.2, 0.25) is 0 Å². The van der Waals surface area contributed by atoms with E-state index in [1.54, 1.807) is 13.1 Å². The molecule has 0 radical (unpaired) electrons. The first kappa shape index (κ1) is 15.9. The van der Waals surface area contributed by atoms with Crippen LogP contribution in [-0.4, -0.2) is 25.8 Å². The Balaban J connectivity index is 2.87. The molecule has 116 valence electrons. The third kappa shape index (κ3) is 2.30. The molecule has 0 atom stereocenters. The van der Waals surface area contributed by atoms with Gasteiger partial charge in [0.1, 0.15) is 5.52 Å². The maximum absolute atomic E-state index is 12.5. The molecule has 6 heteroatoms. The number of fused-ring (bicyclic) bond motifs is 1. The first-order valence-corrected chi connectivity index (χ1v) is 7.04. The highest BCUT2D eigenvalue weighted by molar-refractivity contribution is 5.89. The zero-order chi connectivity index (χ0) is 16.4. The molecular weight excluding hydrogens is 282 g/mol. The first-order chi connectivity index (χ1) is 10.5. The summed E-state index contributed by atoms with van der Waals surface area (Å²) in [5.41, 5.74) is 2.19. The quantitative estimate of drug-likeness (QED) is 0.818. The molecule has 0 aromatic carbocycles. The molecule has 22 heavy (non-hydrogen) atoms. The summed E-state index contributed by atoms with van der Waals surface area (Å²) in [6.45, 7) is 3.74. The summed E-state index contributed by atoms with van der Waals surface area (Å²) in [6, 6.07) is 0. The highest BCUT2D eigenvalue weighted by Gasteiger charge is 2.18. The van der Waals surface area contributed by atoms with Crippen molar-refractivity contribution in [1.82, 2.24) is 14.1 Å². The van der Waals surface area contributed by atoms with Crippen LogP contribution in [0.4, 0.5) is 0 Å². The molecule has 0 bridgehead atoms. The average molecular weight is 301 g/mol. The van der Waals surface area contributed by atoms with E-state index in [1.165, 1.54) is 4.57 Å². The van der Waals surface area contributed by atoms with Gasteiger partial charge in [-0.1, -0.05) is 12.0 Å². The monoisotopic (exact) mass is 301 g/mol. The Hall–Kier alpha value is -2.52. The molecule has 6 nitrogen and oxygen atoms in total. The van der Waals surface area contributed by atoms with E-state index in [1.807, 2.05) is 13.8 Å². The second kappa shape index (κ2) is 6.08. The van der Waals surface area contributed by atoms with Crippen molar-refractivity contribution in [3.8, 4) is 12.3 Å². The van der Waals surface area contributed by atoms with Crippen LogP contribution >= 0.6 is 0 Å². The fourth-order valence-electron chi connectivity index (χ4n) is 2.65. The predicted octanol–water partition coefficient (Wildman–Crippen LogP) is 0.756. The number of aromatic nitrogens is 3. The lowest BCUT2D eigenvalue weighted by molar-refractivity contribution is 0.277. The summed E-state index contributed by atoms with van der Waals surface area (Å²) in [5.74, 6) is 2.57. The molecule has 0 spiro atoms. The van der Waals surface area contributed by atoms with Crippen LogP contribution in [0, 0.1) is 19.3 Å². The van der Waals surface area contributed by atoms with Crippen molar-refractivity contribution in [2.75, 3.05) is 6.61 Å². The minimum Gasteiger partial charge on any atom is -0.396 e. The summed E-state index contributed by atoms with van der Waals surface area (Å²) in [4.78, 5) is 27.9. The Bertz CT molecular complexity index is 904. The Morgan fingerprint density at radius 2 is 2.14 bits per heavy atom. The maximum atomic E-state index is 12.5. The third-order valence-corrected chi connectivity index (χ3v) is 3.78. The van der Waals surface area contributed by atoms with Gasteiger partial charge in [0.25, 0.3) is 5.56 Å². The first-order valence-electron chi connectivity index (χ1n) is 7.04. The van der Waals surface area contributed by atoms with Crippen molar-refractivity contribution >= 4 is 16.6 Å². The summed E-state index contributed by atoms with van der Waals surface area (Å²) in [7, 11) is 1.62. The van der Waals surface area contributed by atoms with E-state index in [9.17, 15) is 9.59 Å². The van der Waals surface area contributed by atoms with Crippen LogP contribution in [0.15, 0.2) is 15.7 Å². The van der Waals surface area contributed by atoms with Crippen molar-refractivity contribution in [3.05, 3.63) is 38.2 Å². The number of nitrogens with zero attached hydrogens (tertiary/aromatic N) is 2. The van der Waals surface area contributed by atoms with Gasteiger partial charge in [0.2, 0.25) is 0 Å². The molecule has 2 N–H and O–H groups in total. The van der Waals surface area contributed by atoms with Gasteiger partial charge >= 0.3 is 5.69 Å². The molecule has 0 unspecified atom stereocenters. The van der Waals surface area contributed by atoms with E-state index < -0.39 is 11.2 Å². The van der Waals surface area contributed by atoms with Gasteiger partial charge < -0.3 is 10.1 Å². The van der Waals surface area contributed by atoms with Gasteiger partial charge in [-0.2, -0.15) is 0 Å². The minimum absolute atomic E-state index is 0.0809. The molecule has 2 aromatic rings. The van der Waals surface area contributed by atoms with Crippen molar-refractivity contribution < 1.29 is 5.11 Å². The Morgan fingerprint density at radius 1 is 1.45 bits per heavy atom. The smallest absolute Gasteiger partial charge is 0.331 e. The fourth-order valence-corrected chi connectivity index (χ4v) is 2.65. The van der Waals surface area contributed by atoms with E-state index in [4.69, 9.17) is 11.5 Å². The van der Waals surface area contributed by atoms with Crippen LogP contribution in [-0.2, 0) is 13.6 Å². The van der Waals surface area contributed by atoms with Gasteiger partial charge in [0.15, 0.2) is 0 Å². The van der Waals surface area contributed by atoms with Gasteiger partial charge in [-0.15, -0.1) is 6.42 Å². The van der Waals surface area contributed by atoms with Gasteiger partial charge in [-0.25, -0.2) is 4.79 Å². The molecule has 0 aliphatic carbocycles. The maximum Gasteiger partial charge on any atom is 0.331 e. The number of hydrogen-bond donors (Lipinski definition) is 2. The Morgan fingerprint density at radius 3 is 2.68 bits per heavy atom. The predicted molar refractivity (Wildman–Crippen MR) is 86.7 cm³/mol. The number of aliphatic hydroxyl groups excluding tert-OH is 1. The molecule has 0 aliphatic rings. The van der Waals surface area contributed by atoms with Gasteiger partial charge in [0.05, 0.1) is 11.2 Å². The standard InChI is InChI=1S/C16H19N3O3/c1-5-11(6-2)12-10(3)14-13(17-12)15(21)19(8-7-9-20)16(22)18(14)4/h1,6,17,20H,7-9H2,2-4H3/b11-6+. The molecule has 0 aliphatic heterocycles. The van der Waals surface area contributed by atoms with E-state index >= 15 is 0 Å². The van der Waals surface area contributed by atoms with Crippen LogP contribution in [0.25, 0.3) is 16.6 Å². The molecule has 0 saturated heterocycles. The number of nitrogens with one attached hydrogen (secondary N) is 1. The third-order valence-electron chi connectivity index (χ3n) is 3.78. The number of aromatic amines is 1. The number of aliphatic hydroxyl groups is 1. The summed E-state index contributed by atoms with van der Waals surface area (Å²) < 4.78 is 2.57. The number of aryl methyl sites for hydroxylation is 2. The lowest BCUT2D eigenvalue weighted by Gasteiger charge is -2.08. The second-order valence-electron chi connectivity index (χ2n) is 5.07. The van der Waals surface area contributed by atoms with E-state index in [2.05, 4.69) is 10.9 Å². The van der Waals surface area contributed by atoms with Crippen molar-refractivity contribution in [2.24, 2.45) is 7.05 Å². The number of H-pyrrole nitrogens is 1. The van der Waals surface area contributed by atoms with E-state index in [0.717, 1.165) is 10.1 Å². The molecule has 0 saturated carbocycles. The van der Waals surface area contributed by atoms with Gasteiger partial charge in [-0.05, 0) is 25.8 Å². The number of hydrogen-bond acceptors (Lipinski definition) is 3. The van der Waals surface area contributed by atoms with Crippen molar-refractivity contribution in [2.45, 2.75) is 26.8 Å². The van der Waals surface area contributed by atoms with Crippen LogP contribution in [0.5, 0.6) is 0 Å². The zero-order valence-electron chi connectivity index (χ0n) is 12.9. The van der Waals surface area contributed by atoms with Crippen LogP contribution < -0.4 is 11.2 Å². The van der Waals surface area contributed by atoms with Crippen molar-refractivity contribution in [1.29, 1.82) is 0 Å². The molecular formula is C16H19N3O3. The molecule has 2 heterocycles. The summed E-state index contributed by atoms with van der Waals surface area (Å²) in [5, 5.41) is 8.92. The number of rotatable bonds is 4. The SMILES string of the molecule is C#C/C(=C\C)c1[nH]c2c(=O)n(CCCO)c(=O)n(C)c2c1C. The van der Waals surface area contributed by atoms with Crippen LogP contribution in [0.3, 0.4) is 0 Å². The molecule has 2 rings (SSSR count). The Kier molecular flexibility index (Phi) is 4.38. The molecule has 2 aromatic heterocycles. The number of allylic oxidation sites excluding steroid dienone is 2. The average Bonchev–Trinajstić information content (AvgIpc) is 2.85. The second-order valence-corrected chi connectivity index (χ2v) is 5.07. The highest BCUT2D eigenvalue weighted by Crippen LogP contribution is 2.23. The molecule has 0 amide bonds.